The van der Waals surface area contributed by atoms with Crippen LogP contribution in [-0.4, -0.2) is 35.4 Å². The fourth-order valence-corrected chi connectivity index (χ4v) is 2.53. The van der Waals surface area contributed by atoms with Crippen LogP contribution >= 0.6 is 0 Å². The Morgan fingerprint density at radius 3 is 1.50 bits per heavy atom. The van der Waals surface area contributed by atoms with E-state index in [1.54, 1.807) is 36.4 Å². The van der Waals surface area contributed by atoms with E-state index < -0.39 is 0 Å². The summed E-state index contributed by atoms with van der Waals surface area (Å²) in [7, 11) is 0. The monoisotopic (exact) mass is 358 g/mol. The van der Waals surface area contributed by atoms with Crippen molar-refractivity contribution in [1.82, 2.24) is 0 Å². The predicted octanol–water partition coefficient (Wildman–Crippen LogP) is 2.98. The minimum atomic E-state index is -0.345. The Morgan fingerprint density at radius 1 is 0.769 bits per heavy atom. The molecule has 0 bridgehead atoms. The molecule has 0 aliphatic rings. The third-order valence-corrected chi connectivity index (χ3v) is 3.80. The SMILES string of the molecule is CC(=O)OCCc1ccc(O)c(-c2cc(CCOC(C)=O)ccc2O)c1. The normalized spacial score (nSPS) is 10.4. The first-order valence-corrected chi connectivity index (χ1v) is 8.27. The first kappa shape index (κ1) is 19.3. The lowest BCUT2D eigenvalue weighted by Crippen LogP contribution is -2.03. The number of benzene rings is 2. The van der Waals surface area contributed by atoms with E-state index in [1.165, 1.54) is 13.8 Å². The van der Waals surface area contributed by atoms with Crippen LogP contribution in [0.2, 0.25) is 0 Å². The van der Waals surface area contributed by atoms with E-state index in [9.17, 15) is 19.8 Å². The van der Waals surface area contributed by atoms with Crippen LogP contribution in [0.5, 0.6) is 11.5 Å². The second kappa shape index (κ2) is 8.89. The molecule has 0 saturated carbocycles. The molecule has 0 aliphatic heterocycles. The van der Waals surface area contributed by atoms with Crippen LogP contribution < -0.4 is 0 Å². The molecule has 0 heterocycles. The van der Waals surface area contributed by atoms with Crippen molar-refractivity contribution in [2.24, 2.45) is 0 Å². The molecule has 0 aromatic heterocycles. The molecule has 0 aliphatic carbocycles. The van der Waals surface area contributed by atoms with Crippen LogP contribution in [-0.2, 0) is 31.9 Å². The zero-order valence-corrected chi connectivity index (χ0v) is 14.8. The highest BCUT2D eigenvalue weighted by atomic mass is 16.5. The minimum Gasteiger partial charge on any atom is -0.507 e. The number of carbonyl (C=O) groups excluding carboxylic acids is 2. The van der Waals surface area contributed by atoms with Crippen LogP contribution in [0.4, 0.5) is 0 Å². The Labute approximate surface area is 152 Å². The summed E-state index contributed by atoms with van der Waals surface area (Å²) >= 11 is 0. The van der Waals surface area contributed by atoms with Gasteiger partial charge in [0.05, 0.1) is 13.2 Å². The molecule has 0 unspecified atom stereocenters. The van der Waals surface area contributed by atoms with Gasteiger partial charge in [0.2, 0.25) is 0 Å². The zero-order chi connectivity index (χ0) is 19.1. The second-order valence-corrected chi connectivity index (χ2v) is 5.88. The molecule has 2 rings (SSSR count). The molecular weight excluding hydrogens is 336 g/mol. The van der Waals surface area contributed by atoms with Gasteiger partial charge in [-0.2, -0.15) is 0 Å². The Hall–Kier alpha value is -3.02. The Balaban J connectivity index is 2.22. The highest BCUT2D eigenvalue weighted by molar-refractivity contribution is 5.76. The van der Waals surface area contributed by atoms with Crippen LogP contribution in [0.3, 0.4) is 0 Å². The smallest absolute Gasteiger partial charge is 0.302 e. The van der Waals surface area contributed by atoms with Crippen molar-refractivity contribution >= 4 is 11.9 Å². The lowest BCUT2D eigenvalue weighted by Gasteiger charge is -2.12. The molecule has 2 aromatic carbocycles. The van der Waals surface area contributed by atoms with Crippen molar-refractivity contribution in [1.29, 1.82) is 0 Å². The summed E-state index contributed by atoms with van der Waals surface area (Å²) in [5.41, 5.74) is 2.70. The van der Waals surface area contributed by atoms with Gasteiger partial charge in [0.1, 0.15) is 11.5 Å². The largest absolute Gasteiger partial charge is 0.507 e. The fourth-order valence-electron chi connectivity index (χ4n) is 2.53. The molecule has 0 fully saturated rings. The number of carbonyl (C=O) groups is 2. The number of rotatable bonds is 7. The number of esters is 2. The Morgan fingerprint density at radius 2 is 1.15 bits per heavy atom. The van der Waals surface area contributed by atoms with Crippen molar-refractivity contribution in [2.45, 2.75) is 26.7 Å². The topological polar surface area (TPSA) is 93.1 Å². The fraction of sp³-hybridized carbons (Fsp3) is 0.300. The molecule has 0 saturated heterocycles. The van der Waals surface area contributed by atoms with E-state index in [2.05, 4.69) is 0 Å². The van der Waals surface area contributed by atoms with Gasteiger partial charge in [-0.05, 0) is 35.4 Å². The first-order valence-electron chi connectivity index (χ1n) is 8.27. The summed E-state index contributed by atoms with van der Waals surface area (Å²) in [5.74, 6) is -0.619. The van der Waals surface area contributed by atoms with E-state index in [4.69, 9.17) is 9.47 Å². The van der Waals surface area contributed by atoms with Crippen molar-refractivity contribution in [2.75, 3.05) is 13.2 Å². The maximum Gasteiger partial charge on any atom is 0.302 e. The van der Waals surface area contributed by atoms with E-state index in [0.29, 0.717) is 24.0 Å². The maximum atomic E-state index is 10.9. The quantitative estimate of drug-likeness (QED) is 0.739. The van der Waals surface area contributed by atoms with Crippen molar-refractivity contribution in [3.05, 3.63) is 47.5 Å². The number of aromatic hydroxyl groups is 2. The number of hydrogen-bond acceptors (Lipinski definition) is 6. The summed E-state index contributed by atoms with van der Waals surface area (Å²) in [6, 6.07) is 10.1. The zero-order valence-electron chi connectivity index (χ0n) is 14.8. The number of phenols is 2. The van der Waals surface area contributed by atoms with E-state index in [1.807, 2.05) is 0 Å². The average Bonchev–Trinajstić information content (AvgIpc) is 2.57. The van der Waals surface area contributed by atoms with Crippen molar-refractivity contribution in [3.63, 3.8) is 0 Å². The summed E-state index contributed by atoms with van der Waals surface area (Å²) in [6.45, 7) is 3.19. The van der Waals surface area contributed by atoms with Gasteiger partial charge in [-0.1, -0.05) is 12.1 Å². The van der Waals surface area contributed by atoms with Gasteiger partial charge < -0.3 is 19.7 Å². The van der Waals surface area contributed by atoms with Crippen LogP contribution in [0.15, 0.2) is 36.4 Å². The molecule has 6 heteroatoms. The Bertz CT molecular complexity index is 729. The molecule has 0 atom stereocenters. The molecule has 6 nitrogen and oxygen atoms in total. The Kier molecular flexibility index (Phi) is 6.60. The highest BCUT2D eigenvalue weighted by Gasteiger charge is 2.12. The molecule has 0 spiro atoms. The predicted molar refractivity (Wildman–Crippen MR) is 95.9 cm³/mol. The standard InChI is InChI=1S/C20H22O6/c1-13(21)25-9-7-15-3-5-19(23)17(11-15)18-12-16(4-6-20(18)24)8-10-26-14(2)22/h3-6,11-12,23-24H,7-10H2,1-2H3. The van der Waals surface area contributed by atoms with Crippen LogP contribution in [0.25, 0.3) is 11.1 Å². The third-order valence-electron chi connectivity index (χ3n) is 3.80. The van der Waals surface area contributed by atoms with Gasteiger partial charge in [-0.25, -0.2) is 0 Å². The number of phenolic OH excluding ortho intramolecular Hbond substituents is 2. The van der Waals surface area contributed by atoms with Gasteiger partial charge in [0.15, 0.2) is 0 Å². The van der Waals surface area contributed by atoms with Gasteiger partial charge >= 0.3 is 11.9 Å². The van der Waals surface area contributed by atoms with Gasteiger partial charge in [-0.15, -0.1) is 0 Å². The second-order valence-electron chi connectivity index (χ2n) is 5.88. The lowest BCUT2D eigenvalue weighted by atomic mass is 9.97. The summed E-state index contributed by atoms with van der Waals surface area (Å²) < 4.78 is 9.87. The van der Waals surface area contributed by atoms with Crippen LogP contribution in [0, 0.1) is 0 Å². The average molecular weight is 358 g/mol. The lowest BCUT2D eigenvalue weighted by molar-refractivity contribution is -0.141. The third kappa shape index (κ3) is 5.51. The van der Waals surface area contributed by atoms with E-state index >= 15 is 0 Å². The molecule has 2 N–H and O–H groups in total. The molecule has 0 radical (unpaired) electrons. The van der Waals surface area contributed by atoms with Gasteiger partial charge in [-0.3, -0.25) is 9.59 Å². The summed E-state index contributed by atoms with van der Waals surface area (Å²) in [5, 5.41) is 20.4. The number of ether oxygens (including phenoxy) is 2. The maximum absolute atomic E-state index is 10.9. The highest BCUT2D eigenvalue weighted by Crippen LogP contribution is 2.36. The molecule has 26 heavy (non-hydrogen) atoms. The van der Waals surface area contributed by atoms with E-state index in [-0.39, 0.29) is 36.7 Å². The first-order chi connectivity index (χ1) is 12.4. The van der Waals surface area contributed by atoms with Crippen molar-refractivity contribution < 1.29 is 29.3 Å². The minimum absolute atomic E-state index is 0.0358. The summed E-state index contributed by atoms with van der Waals surface area (Å²) in [6.07, 6.45) is 1.000. The summed E-state index contributed by atoms with van der Waals surface area (Å²) in [4.78, 5) is 21.7. The van der Waals surface area contributed by atoms with Crippen LogP contribution in [0.1, 0.15) is 25.0 Å². The van der Waals surface area contributed by atoms with Gasteiger partial charge in [0.25, 0.3) is 0 Å². The van der Waals surface area contributed by atoms with Crippen molar-refractivity contribution in [3.8, 4) is 22.6 Å². The molecule has 2 aromatic rings. The number of hydrogen-bond donors (Lipinski definition) is 2. The molecular formula is C20H22O6. The van der Waals surface area contributed by atoms with E-state index in [0.717, 1.165) is 11.1 Å². The molecule has 138 valence electrons. The van der Waals surface area contributed by atoms with Gasteiger partial charge in [0, 0.05) is 37.8 Å². The molecule has 0 amide bonds.